The van der Waals surface area contributed by atoms with Crippen molar-refractivity contribution < 1.29 is 4.74 Å². The molecular weight excluding hydrogens is 244 g/mol. The molecule has 1 heteroatoms. The van der Waals surface area contributed by atoms with Crippen LogP contribution in [0.2, 0.25) is 0 Å². The molecule has 105 valence electrons. The molecule has 0 spiro atoms. The van der Waals surface area contributed by atoms with Crippen LogP contribution in [-0.4, -0.2) is 0 Å². The Morgan fingerprint density at radius 2 is 1.90 bits per heavy atom. The third-order valence-corrected chi connectivity index (χ3v) is 3.74. The minimum atomic E-state index is 0.942. The van der Waals surface area contributed by atoms with Crippen LogP contribution in [0.25, 0.3) is 0 Å². The lowest BCUT2D eigenvalue weighted by Gasteiger charge is -2.13. The van der Waals surface area contributed by atoms with Crippen LogP contribution in [0.4, 0.5) is 0 Å². The summed E-state index contributed by atoms with van der Waals surface area (Å²) in [6.45, 7) is 6.45. The second-order valence-electron chi connectivity index (χ2n) is 5.29. The molecule has 0 aromatic heterocycles. The van der Waals surface area contributed by atoms with Gasteiger partial charge < -0.3 is 4.74 Å². The first-order valence-corrected chi connectivity index (χ1v) is 7.45. The molecule has 1 radical (unpaired) electrons. The molecule has 20 heavy (non-hydrogen) atoms. The smallest absolute Gasteiger partial charge is 0.131 e. The van der Waals surface area contributed by atoms with Gasteiger partial charge in [0.15, 0.2) is 0 Å². The second kappa shape index (κ2) is 7.14. The fourth-order valence-electron chi connectivity index (χ4n) is 2.27. The molecule has 0 heterocycles. The zero-order valence-corrected chi connectivity index (χ0v) is 12.7. The number of unbranched alkanes of at least 4 members (excludes halogenated alkanes) is 2. The highest BCUT2D eigenvalue weighted by Gasteiger charge is 2.07. The summed E-state index contributed by atoms with van der Waals surface area (Å²) in [7, 11) is 0. The van der Waals surface area contributed by atoms with Crippen molar-refractivity contribution in [1.82, 2.24) is 0 Å². The van der Waals surface area contributed by atoms with Crippen LogP contribution in [0, 0.1) is 19.9 Å². The Labute approximate surface area is 122 Å². The summed E-state index contributed by atoms with van der Waals surface area (Å²) >= 11 is 0. The standard InChI is InChI=1S/C19H23O/c1-4-5-6-11-17-12-7-8-13-19(17)20-18-14-9-10-15(2)16(18)3/h7,9-10,12-14H,4-6,11H2,1-3H3. The van der Waals surface area contributed by atoms with Crippen molar-refractivity contribution in [3.63, 3.8) is 0 Å². The number of aryl methyl sites for hydroxylation is 2. The van der Waals surface area contributed by atoms with Crippen molar-refractivity contribution in [2.45, 2.75) is 46.5 Å². The van der Waals surface area contributed by atoms with Gasteiger partial charge >= 0.3 is 0 Å². The predicted molar refractivity (Wildman–Crippen MR) is 84.5 cm³/mol. The monoisotopic (exact) mass is 267 g/mol. The average Bonchev–Trinajstić information content (AvgIpc) is 2.46. The highest BCUT2D eigenvalue weighted by atomic mass is 16.5. The quantitative estimate of drug-likeness (QED) is 0.616. The Morgan fingerprint density at radius 1 is 1.05 bits per heavy atom. The lowest BCUT2D eigenvalue weighted by atomic mass is 10.1. The van der Waals surface area contributed by atoms with Gasteiger partial charge in [0.05, 0.1) is 0 Å². The molecule has 2 aromatic rings. The number of benzene rings is 2. The molecule has 2 rings (SSSR count). The van der Waals surface area contributed by atoms with Gasteiger partial charge in [-0.1, -0.05) is 44.0 Å². The summed E-state index contributed by atoms with van der Waals surface area (Å²) < 4.78 is 6.12. The maximum atomic E-state index is 6.12. The maximum Gasteiger partial charge on any atom is 0.131 e. The van der Waals surface area contributed by atoms with E-state index in [0.29, 0.717) is 0 Å². The van der Waals surface area contributed by atoms with Crippen LogP contribution in [0.1, 0.15) is 42.9 Å². The SMILES string of the molecule is CCCCCc1cc[c]cc1Oc1cccc(C)c1C. The van der Waals surface area contributed by atoms with E-state index < -0.39 is 0 Å². The minimum Gasteiger partial charge on any atom is -0.457 e. The van der Waals surface area contributed by atoms with E-state index in [0.717, 1.165) is 17.9 Å². The van der Waals surface area contributed by atoms with E-state index in [9.17, 15) is 0 Å². The van der Waals surface area contributed by atoms with Crippen LogP contribution < -0.4 is 4.74 Å². The molecule has 0 aliphatic carbocycles. The third-order valence-electron chi connectivity index (χ3n) is 3.74. The first-order valence-electron chi connectivity index (χ1n) is 7.45. The topological polar surface area (TPSA) is 9.23 Å². The highest BCUT2D eigenvalue weighted by Crippen LogP contribution is 2.29. The molecule has 0 bridgehead atoms. The molecule has 0 atom stereocenters. The molecule has 0 aliphatic heterocycles. The van der Waals surface area contributed by atoms with Gasteiger partial charge in [-0.2, -0.15) is 0 Å². The van der Waals surface area contributed by atoms with Crippen LogP contribution in [0.15, 0.2) is 36.4 Å². The van der Waals surface area contributed by atoms with Crippen molar-refractivity contribution in [3.05, 3.63) is 59.2 Å². The number of ether oxygens (including phenoxy) is 1. The molecule has 0 saturated carbocycles. The van der Waals surface area contributed by atoms with Gasteiger partial charge in [0, 0.05) is 0 Å². The van der Waals surface area contributed by atoms with Gasteiger partial charge in [0.2, 0.25) is 0 Å². The van der Waals surface area contributed by atoms with Crippen LogP contribution in [0.5, 0.6) is 11.5 Å². The first-order chi connectivity index (χ1) is 9.72. The average molecular weight is 267 g/mol. The van der Waals surface area contributed by atoms with Crippen molar-refractivity contribution in [1.29, 1.82) is 0 Å². The fraction of sp³-hybridized carbons (Fsp3) is 0.368. The molecule has 0 saturated heterocycles. The van der Waals surface area contributed by atoms with Gasteiger partial charge in [-0.3, -0.25) is 0 Å². The van der Waals surface area contributed by atoms with E-state index in [1.165, 1.54) is 36.0 Å². The summed E-state index contributed by atoms with van der Waals surface area (Å²) in [5.41, 5.74) is 3.74. The van der Waals surface area contributed by atoms with E-state index in [2.05, 4.69) is 39.0 Å². The van der Waals surface area contributed by atoms with Gasteiger partial charge in [0.25, 0.3) is 0 Å². The first kappa shape index (κ1) is 14.6. The second-order valence-corrected chi connectivity index (χ2v) is 5.29. The highest BCUT2D eigenvalue weighted by molar-refractivity contribution is 5.43. The number of hydrogen-bond acceptors (Lipinski definition) is 1. The zero-order valence-electron chi connectivity index (χ0n) is 12.7. The maximum absolute atomic E-state index is 6.12. The van der Waals surface area contributed by atoms with Gasteiger partial charge in [-0.15, -0.1) is 0 Å². The predicted octanol–water partition coefficient (Wildman–Crippen LogP) is 5.63. The largest absolute Gasteiger partial charge is 0.457 e. The Bertz CT molecular complexity index is 557. The lowest BCUT2D eigenvalue weighted by molar-refractivity contribution is 0.470. The summed E-state index contributed by atoms with van der Waals surface area (Å²) in [5, 5.41) is 0. The summed E-state index contributed by atoms with van der Waals surface area (Å²) in [5.74, 6) is 1.89. The summed E-state index contributed by atoms with van der Waals surface area (Å²) in [4.78, 5) is 0. The molecule has 2 aromatic carbocycles. The molecule has 0 aliphatic rings. The van der Waals surface area contributed by atoms with Crippen molar-refractivity contribution in [2.24, 2.45) is 0 Å². The van der Waals surface area contributed by atoms with Gasteiger partial charge in [0.1, 0.15) is 11.5 Å². The van der Waals surface area contributed by atoms with E-state index in [1.54, 1.807) is 0 Å². The number of hydrogen-bond donors (Lipinski definition) is 0. The fourth-order valence-corrected chi connectivity index (χ4v) is 2.27. The van der Waals surface area contributed by atoms with Crippen LogP contribution in [-0.2, 0) is 6.42 Å². The van der Waals surface area contributed by atoms with E-state index >= 15 is 0 Å². The lowest BCUT2D eigenvalue weighted by Crippen LogP contribution is -1.94. The molecular formula is C19H23O. The Balaban J connectivity index is 2.18. The Hall–Kier alpha value is -1.76. The Kier molecular flexibility index (Phi) is 5.23. The molecule has 0 amide bonds. The van der Waals surface area contributed by atoms with E-state index in [4.69, 9.17) is 4.74 Å². The van der Waals surface area contributed by atoms with Crippen molar-refractivity contribution >= 4 is 0 Å². The van der Waals surface area contributed by atoms with Gasteiger partial charge in [-0.05, 0) is 61.6 Å². The van der Waals surface area contributed by atoms with Crippen molar-refractivity contribution in [2.75, 3.05) is 0 Å². The van der Waals surface area contributed by atoms with Crippen molar-refractivity contribution in [3.8, 4) is 11.5 Å². The van der Waals surface area contributed by atoms with Crippen LogP contribution >= 0.6 is 0 Å². The van der Waals surface area contributed by atoms with Crippen LogP contribution in [0.3, 0.4) is 0 Å². The zero-order chi connectivity index (χ0) is 14.4. The molecule has 0 fully saturated rings. The van der Waals surface area contributed by atoms with E-state index in [-0.39, 0.29) is 0 Å². The van der Waals surface area contributed by atoms with Gasteiger partial charge in [-0.25, -0.2) is 0 Å². The molecule has 0 unspecified atom stereocenters. The Morgan fingerprint density at radius 3 is 2.70 bits per heavy atom. The molecule has 1 nitrogen and oxygen atoms in total. The summed E-state index contributed by atoms with van der Waals surface area (Å²) in [6.07, 6.45) is 4.79. The number of rotatable bonds is 6. The van der Waals surface area contributed by atoms with E-state index in [1.807, 2.05) is 24.3 Å². The minimum absolute atomic E-state index is 0.942. The summed E-state index contributed by atoms with van der Waals surface area (Å²) in [6, 6.07) is 15.3. The third kappa shape index (κ3) is 3.63. The molecule has 0 N–H and O–H groups in total. The normalized spacial score (nSPS) is 10.6.